The van der Waals surface area contributed by atoms with Crippen LogP contribution in [-0.4, -0.2) is 34.2 Å². The van der Waals surface area contributed by atoms with Crippen LogP contribution in [0, 0.1) is 11.8 Å². The van der Waals surface area contributed by atoms with Crippen LogP contribution in [0.4, 0.5) is 0 Å². The number of rotatable bonds is 5. The van der Waals surface area contributed by atoms with E-state index in [0.717, 1.165) is 38.1 Å². The van der Waals surface area contributed by atoms with E-state index in [-0.39, 0.29) is 5.41 Å². The predicted molar refractivity (Wildman–Crippen MR) is 130 cm³/mol. The minimum atomic E-state index is -0.216. The number of aromatic nitrogens is 1. The van der Waals surface area contributed by atoms with Gasteiger partial charge in [-0.05, 0) is 67.6 Å². The Labute approximate surface area is 195 Å². The van der Waals surface area contributed by atoms with Gasteiger partial charge >= 0.3 is 0 Å². The average molecular weight is 449 g/mol. The molecule has 0 radical (unpaired) electrons. The van der Waals surface area contributed by atoms with Crippen LogP contribution in [-0.2, 0) is 10.2 Å². The summed E-state index contributed by atoms with van der Waals surface area (Å²) in [6.45, 7) is 5.38. The summed E-state index contributed by atoms with van der Waals surface area (Å²) in [5.41, 5.74) is 12.6. The van der Waals surface area contributed by atoms with Crippen molar-refractivity contribution in [3.05, 3.63) is 35.5 Å². The number of hydrogen-bond acceptors (Lipinski definition) is 5. The summed E-state index contributed by atoms with van der Waals surface area (Å²) in [6.07, 6.45) is 10.9. The van der Waals surface area contributed by atoms with Gasteiger partial charge in [-0.1, -0.05) is 32.4 Å². The second-order valence-electron chi connectivity index (χ2n) is 11.2. The number of fused-ring (bicyclic) bond motifs is 2. The number of nitrogens with one attached hydrogen (secondary N) is 4. The second-order valence-corrected chi connectivity index (χ2v) is 11.2. The Morgan fingerprint density at radius 1 is 1.15 bits per heavy atom. The fraction of sp³-hybridized carbons (Fsp3) is 0.615. The number of nitrogens with zero attached hydrogens (tertiary/aromatic N) is 2. The summed E-state index contributed by atoms with van der Waals surface area (Å²) in [4.78, 5) is 19.5. The Kier molecular flexibility index (Phi) is 5.13. The van der Waals surface area contributed by atoms with Gasteiger partial charge in [0, 0.05) is 47.4 Å². The zero-order valence-electron chi connectivity index (χ0n) is 19.8. The minimum absolute atomic E-state index is 0.216. The van der Waals surface area contributed by atoms with Crippen molar-refractivity contribution in [1.82, 2.24) is 26.4 Å². The van der Waals surface area contributed by atoms with Crippen molar-refractivity contribution < 1.29 is 4.79 Å². The topological polar surface area (TPSA) is 84.6 Å². The highest BCUT2D eigenvalue weighted by Gasteiger charge is 2.44. The van der Waals surface area contributed by atoms with Crippen molar-refractivity contribution in [2.75, 3.05) is 6.54 Å². The molecule has 33 heavy (non-hydrogen) atoms. The third-order valence-corrected chi connectivity index (χ3v) is 8.53. The molecule has 1 aromatic heterocycles. The van der Waals surface area contributed by atoms with E-state index in [1.807, 2.05) is 0 Å². The molecule has 7 nitrogen and oxygen atoms in total. The molecule has 2 saturated carbocycles. The largest absolute Gasteiger partial charge is 0.361 e. The van der Waals surface area contributed by atoms with Gasteiger partial charge in [-0.25, -0.2) is 5.53 Å². The van der Waals surface area contributed by atoms with Crippen LogP contribution >= 0.6 is 0 Å². The van der Waals surface area contributed by atoms with E-state index in [9.17, 15) is 4.79 Å². The van der Waals surface area contributed by atoms with Gasteiger partial charge in [0.15, 0.2) is 0 Å². The van der Waals surface area contributed by atoms with Crippen LogP contribution in [0.5, 0.6) is 0 Å². The molecular formula is C26H36N6O. The molecular weight excluding hydrogens is 412 g/mol. The maximum atomic E-state index is 13.8. The number of aromatic amines is 1. The Bertz CT molecular complexity index is 1080. The molecule has 1 saturated heterocycles. The molecule has 3 atom stereocenters. The molecule has 7 heteroatoms. The van der Waals surface area contributed by atoms with Gasteiger partial charge in [0.2, 0.25) is 5.91 Å². The first-order chi connectivity index (χ1) is 16.0. The van der Waals surface area contributed by atoms with Crippen molar-refractivity contribution in [2.45, 2.75) is 82.6 Å². The zero-order chi connectivity index (χ0) is 22.6. The van der Waals surface area contributed by atoms with Crippen molar-refractivity contribution in [2.24, 2.45) is 16.9 Å². The molecule has 4 N–H and O–H groups in total. The van der Waals surface area contributed by atoms with Crippen molar-refractivity contribution in [1.29, 1.82) is 0 Å². The molecule has 1 aromatic carbocycles. The number of carbonyl (C=O) groups is 1. The normalized spacial score (nSPS) is 27.6. The predicted octanol–water partition coefficient (Wildman–Crippen LogP) is 4.05. The highest BCUT2D eigenvalue weighted by atomic mass is 16.2. The lowest BCUT2D eigenvalue weighted by atomic mass is 9.70. The summed E-state index contributed by atoms with van der Waals surface area (Å²) >= 11 is 0. The Morgan fingerprint density at radius 2 is 2.03 bits per heavy atom. The molecule has 2 aliphatic carbocycles. The molecule has 176 valence electrons. The number of amidine groups is 1. The molecule has 6 rings (SSSR count). The third kappa shape index (κ3) is 3.70. The molecule has 4 aliphatic rings. The zero-order valence-corrected chi connectivity index (χ0v) is 19.8. The van der Waals surface area contributed by atoms with E-state index in [4.69, 9.17) is 0 Å². The first-order valence-electron chi connectivity index (χ1n) is 12.8. The number of piperidine rings is 1. The van der Waals surface area contributed by atoms with Gasteiger partial charge in [-0.3, -0.25) is 10.2 Å². The number of hydrazine groups is 2. The Hall–Kier alpha value is -2.54. The van der Waals surface area contributed by atoms with E-state index in [0.29, 0.717) is 36.1 Å². The van der Waals surface area contributed by atoms with Crippen LogP contribution in [0.1, 0.15) is 82.3 Å². The monoisotopic (exact) mass is 448 g/mol. The molecule has 0 spiro atoms. The minimum Gasteiger partial charge on any atom is -0.361 e. The molecule has 3 fully saturated rings. The Morgan fingerprint density at radius 3 is 2.82 bits per heavy atom. The third-order valence-electron chi connectivity index (χ3n) is 8.53. The SMILES string of the molecule is CC(C)(CC(=O)N1CCCC2C(C3=NNNN3)CCCC21)c1c[nH]c2cccc(C3CC3)c12. The first-order valence-corrected chi connectivity index (χ1v) is 12.8. The number of carbonyl (C=O) groups excluding carboxylic acids is 1. The first kappa shape index (κ1) is 21.0. The van der Waals surface area contributed by atoms with Gasteiger partial charge in [-0.15, -0.1) is 10.6 Å². The maximum absolute atomic E-state index is 13.8. The van der Waals surface area contributed by atoms with Gasteiger partial charge in [0.25, 0.3) is 0 Å². The standard InChI is InChI=1S/C26H36N6O/c1-26(2,20-15-27-21-9-3-6-17(24(20)21)16-11-12-16)14-23(33)32-13-5-8-18-19(7-4-10-22(18)32)25-28-30-31-29-25/h3,6,9,15-16,18-19,22,27,30-31H,4-5,7-8,10-14H2,1-2H3,(H,28,29). The number of H-pyrrole nitrogens is 1. The van der Waals surface area contributed by atoms with Crippen LogP contribution in [0.3, 0.4) is 0 Å². The van der Waals surface area contributed by atoms with Crippen LogP contribution < -0.4 is 16.5 Å². The van der Waals surface area contributed by atoms with Gasteiger partial charge in [-0.2, -0.15) is 0 Å². The number of likely N-dealkylation sites (tertiary alicyclic amines) is 1. The quantitative estimate of drug-likeness (QED) is 0.556. The van der Waals surface area contributed by atoms with E-state index in [1.165, 1.54) is 41.3 Å². The van der Waals surface area contributed by atoms with E-state index in [2.05, 4.69) is 69.7 Å². The second kappa shape index (κ2) is 8.05. The number of hydrogen-bond donors (Lipinski definition) is 4. The summed E-state index contributed by atoms with van der Waals surface area (Å²) < 4.78 is 0. The molecule has 0 bridgehead atoms. The van der Waals surface area contributed by atoms with E-state index < -0.39 is 0 Å². The van der Waals surface area contributed by atoms with Gasteiger partial charge in [0.05, 0.1) is 0 Å². The van der Waals surface area contributed by atoms with E-state index in [1.54, 1.807) is 0 Å². The fourth-order valence-corrected chi connectivity index (χ4v) is 6.78. The lowest BCUT2D eigenvalue weighted by Gasteiger charge is -2.48. The summed E-state index contributed by atoms with van der Waals surface area (Å²) in [5.74, 6) is 2.89. The summed E-state index contributed by atoms with van der Waals surface area (Å²) in [7, 11) is 0. The maximum Gasteiger partial charge on any atom is 0.223 e. The van der Waals surface area contributed by atoms with Crippen LogP contribution in [0.15, 0.2) is 29.5 Å². The number of benzene rings is 1. The van der Waals surface area contributed by atoms with Gasteiger partial charge in [0.1, 0.15) is 5.84 Å². The summed E-state index contributed by atoms with van der Waals surface area (Å²) in [6, 6.07) is 6.95. The van der Waals surface area contributed by atoms with Crippen LogP contribution in [0.2, 0.25) is 0 Å². The number of hydrazone groups is 1. The average Bonchev–Trinajstić information content (AvgIpc) is 3.32. The highest BCUT2D eigenvalue weighted by Crippen LogP contribution is 2.46. The van der Waals surface area contributed by atoms with Crippen LogP contribution in [0.25, 0.3) is 10.9 Å². The van der Waals surface area contributed by atoms with Gasteiger partial charge < -0.3 is 9.88 Å². The smallest absolute Gasteiger partial charge is 0.223 e. The van der Waals surface area contributed by atoms with E-state index >= 15 is 0 Å². The molecule has 3 heterocycles. The molecule has 2 aliphatic heterocycles. The molecule has 1 amide bonds. The molecule has 2 aromatic rings. The molecule has 3 unspecified atom stereocenters. The highest BCUT2D eigenvalue weighted by molar-refractivity contribution is 5.90. The summed E-state index contributed by atoms with van der Waals surface area (Å²) in [5, 5.41) is 5.77. The Balaban J connectivity index is 1.24. The van der Waals surface area contributed by atoms with Crippen molar-refractivity contribution in [3.63, 3.8) is 0 Å². The fourth-order valence-electron chi connectivity index (χ4n) is 6.78. The number of amides is 1. The van der Waals surface area contributed by atoms with Crippen molar-refractivity contribution >= 4 is 22.6 Å². The lowest BCUT2D eigenvalue weighted by Crippen LogP contribution is -2.55. The van der Waals surface area contributed by atoms with Crippen molar-refractivity contribution in [3.8, 4) is 0 Å². The lowest BCUT2D eigenvalue weighted by molar-refractivity contribution is -0.139.